The first-order valence-electron chi connectivity index (χ1n) is 9.53. The number of methoxy groups -OCH3 is 2. The molecule has 1 amide bonds. The van der Waals surface area contributed by atoms with Crippen molar-refractivity contribution >= 4 is 5.91 Å². The summed E-state index contributed by atoms with van der Waals surface area (Å²) in [5, 5.41) is 2.92. The van der Waals surface area contributed by atoms with Crippen molar-refractivity contribution in [2.24, 2.45) is 17.8 Å². The summed E-state index contributed by atoms with van der Waals surface area (Å²) >= 11 is 0. The van der Waals surface area contributed by atoms with Gasteiger partial charge >= 0.3 is 0 Å². The molecule has 1 saturated carbocycles. The summed E-state index contributed by atoms with van der Waals surface area (Å²) in [4.78, 5) is 12.3. The molecule has 26 heavy (non-hydrogen) atoms. The van der Waals surface area contributed by atoms with Gasteiger partial charge in [-0.3, -0.25) is 4.79 Å². The molecular formula is C21H33NO4. The van der Waals surface area contributed by atoms with Gasteiger partial charge in [0.05, 0.1) is 20.3 Å². The van der Waals surface area contributed by atoms with E-state index in [2.05, 4.69) is 26.1 Å². The van der Waals surface area contributed by atoms with E-state index in [4.69, 9.17) is 14.2 Å². The van der Waals surface area contributed by atoms with Crippen LogP contribution in [0.15, 0.2) is 18.2 Å². The molecule has 1 N–H and O–H groups in total. The second-order valence-electron chi connectivity index (χ2n) is 7.63. The van der Waals surface area contributed by atoms with Crippen LogP contribution in [-0.4, -0.2) is 32.8 Å². The highest BCUT2D eigenvalue weighted by atomic mass is 16.5. The second-order valence-corrected chi connectivity index (χ2v) is 7.63. The van der Waals surface area contributed by atoms with Crippen molar-refractivity contribution in [3.8, 4) is 11.5 Å². The third-order valence-electron chi connectivity index (χ3n) is 5.35. The first-order chi connectivity index (χ1) is 12.4. The van der Waals surface area contributed by atoms with Gasteiger partial charge in [-0.1, -0.05) is 27.2 Å². The Balaban J connectivity index is 1.87. The summed E-state index contributed by atoms with van der Waals surface area (Å²) in [5.41, 5.74) is 0.881. The fourth-order valence-corrected chi connectivity index (χ4v) is 3.75. The average molecular weight is 363 g/mol. The largest absolute Gasteiger partial charge is 0.497 e. The quantitative estimate of drug-likeness (QED) is 0.763. The number of ether oxygens (including phenoxy) is 3. The van der Waals surface area contributed by atoms with Crippen molar-refractivity contribution < 1.29 is 19.0 Å². The molecule has 3 unspecified atom stereocenters. The van der Waals surface area contributed by atoms with Gasteiger partial charge in [0, 0.05) is 12.1 Å². The predicted octanol–water partition coefficient (Wildman–Crippen LogP) is 3.80. The first kappa shape index (κ1) is 20.6. The van der Waals surface area contributed by atoms with E-state index in [9.17, 15) is 4.79 Å². The van der Waals surface area contributed by atoms with Gasteiger partial charge in [0.15, 0.2) is 0 Å². The minimum Gasteiger partial charge on any atom is -0.497 e. The van der Waals surface area contributed by atoms with E-state index >= 15 is 0 Å². The summed E-state index contributed by atoms with van der Waals surface area (Å²) in [5.74, 6) is 3.15. The zero-order chi connectivity index (χ0) is 19.1. The van der Waals surface area contributed by atoms with Gasteiger partial charge < -0.3 is 19.5 Å². The third-order valence-corrected chi connectivity index (χ3v) is 5.35. The van der Waals surface area contributed by atoms with Crippen LogP contribution < -0.4 is 14.8 Å². The Morgan fingerprint density at radius 1 is 1.23 bits per heavy atom. The molecule has 0 aromatic heterocycles. The van der Waals surface area contributed by atoms with Crippen molar-refractivity contribution in [1.82, 2.24) is 5.32 Å². The fraction of sp³-hybridized carbons (Fsp3) is 0.667. The molecule has 5 nitrogen and oxygen atoms in total. The van der Waals surface area contributed by atoms with Crippen molar-refractivity contribution in [3.63, 3.8) is 0 Å². The first-order valence-corrected chi connectivity index (χ1v) is 9.53. The van der Waals surface area contributed by atoms with E-state index in [1.165, 1.54) is 12.8 Å². The molecule has 1 aliphatic carbocycles. The Bertz CT molecular complexity index is 587. The van der Waals surface area contributed by atoms with Crippen LogP contribution in [0.25, 0.3) is 0 Å². The number of carbonyl (C=O) groups is 1. The van der Waals surface area contributed by atoms with Gasteiger partial charge in [-0.2, -0.15) is 0 Å². The maximum absolute atomic E-state index is 12.3. The Labute approximate surface area is 157 Å². The Morgan fingerprint density at radius 2 is 2.00 bits per heavy atom. The Morgan fingerprint density at radius 3 is 2.65 bits per heavy atom. The lowest BCUT2D eigenvalue weighted by Gasteiger charge is -2.37. The van der Waals surface area contributed by atoms with E-state index in [1.807, 2.05) is 18.2 Å². The standard InChI is InChI=1S/C21H33NO4/c1-14(2)18-8-6-15(3)10-20(18)26-13-21(23)22-12-16-11-17(24-4)7-9-19(16)25-5/h7,9,11,14-15,18,20H,6,8,10,12-13H2,1-5H3,(H,22,23). The molecule has 0 bridgehead atoms. The molecule has 2 rings (SSSR count). The van der Waals surface area contributed by atoms with Crippen LogP contribution in [0.5, 0.6) is 11.5 Å². The fourth-order valence-electron chi connectivity index (χ4n) is 3.75. The molecule has 0 radical (unpaired) electrons. The summed E-state index contributed by atoms with van der Waals surface area (Å²) in [6.45, 7) is 7.24. The van der Waals surface area contributed by atoms with Crippen LogP contribution in [0.2, 0.25) is 0 Å². The number of hydrogen-bond acceptors (Lipinski definition) is 4. The molecule has 1 aromatic carbocycles. The van der Waals surface area contributed by atoms with Gasteiger partial charge in [-0.15, -0.1) is 0 Å². The van der Waals surface area contributed by atoms with Crippen LogP contribution in [0, 0.1) is 17.8 Å². The number of carbonyl (C=O) groups excluding carboxylic acids is 1. The minimum atomic E-state index is -0.101. The van der Waals surface area contributed by atoms with Crippen LogP contribution in [0.1, 0.15) is 45.6 Å². The number of nitrogens with one attached hydrogen (secondary N) is 1. The highest BCUT2D eigenvalue weighted by Gasteiger charge is 2.31. The molecule has 146 valence electrons. The second kappa shape index (κ2) is 9.81. The van der Waals surface area contributed by atoms with Crippen LogP contribution in [0.3, 0.4) is 0 Å². The summed E-state index contributed by atoms with van der Waals surface area (Å²) in [6, 6.07) is 5.55. The van der Waals surface area contributed by atoms with Gasteiger partial charge in [0.2, 0.25) is 5.91 Å². The Kier molecular flexibility index (Phi) is 7.76. The number of amides is 1. The number of hydrogen-bond donors (Lipinski definition) is 1. The lowest BCUT2D eigenvalue weighted by Crippen LogP contribution is -2.37. The topological polar surface area (TPSA) is 56.8 Å². The van der Waals surface area contributed by atoms with Gasteiger partial charge in [0.25, 0.3) is 0 Å². The van der Waals surface area contributed by atoms with Crippen molar-refractivity contribution in [2.45, 2.75) is 52.7 Å². The molecule has 3 atom stereocenters. The van der Waals surface area contributed by atoms with Crippen LogP contribution in [-0.2, 0) is 16.1 Å². The molecule has 1 aromatic rings. The van der Waals surface area contributed by atoms with Crippen molar-refractivity contribution in [3.05, 3.63) is 23.8 Å². The smallest absolute Gasteiger partial charge is 0.246 e. The molecule has 0 spiro atoms. The zero-order valence-corrected chi connectivity index (χ0v) is 16.7. The lowest BCUT2D eigenvalue weighted by molar-refractivity contribution is -0.131. The molecule has 0 heterocycles. The van der Waals surface area contributed by atoms with Crippen molar-refractivity contribution in [2.75, 3.05) is 20.8 Å². The van der Waals surface area contributed by atoms with Gasteiger partial charge in [-0.25, -0.2) is 0 Å². The van der Waals surface area contributed by atoms with E-state index in [-0.39, 0.29) is 18.6 Å². The average Bonchev–Trinajstić information content (AvgIpc) is 2.64. The van der Waals surface area contributed by atoms with Crippen molar-refractivity contribution in [1.29, 1.82) is 0 Å². The zero-order valence-electron chi connectivity index (χ0n) is 16.7. The SMILES string of the molecule is COc1ccc(OC)c(CNC(=O)COC2CC(C)CCC2C(C)C)c1. The normalized spacial score (nSPS) is 22.9. The number of benzene rings is 1. The molecule has 1 fully saturated rings. The van der Waals surface area contributed by atoms with E-state index in [0.29, 0.717) is 24.3 Å². The number of rotatable bonds is 8. The Hall–Kier alpha value is -1.75. The maximum atomic E-state index is 12.3. The van der Waals surface area contributed by atoms with Gasteiger partial charge in [0.1, 0.15) is 18.1 Å². The predicted molar refractivity (Wildman–Crippen MR) is 102 cm³/mol. The summed E-state index contributed by atoms with van der Waals surface area (Å²) in [6.07, 6.45) is 3.66. The molecule has 1 aliphatic rings. The van der Waals surface area contributed by atoms with E-state index in [0.717, 1.165) is 23.5 Å². The minimum absolute atomic E-state index is 0.101. The molecular weight excluding hydrogens is 330 g/mol. The van der Waals surface area contributed by atoms with E-state index in [1.54, 1.807) is 14.2 Å². The lowest BCUT2D eigenvalue weighted by atomic mass is 9.75. The van der Waals surface area contributed by atoms with Gasteiger partial charge in [-0.05, 0) is 48.8 Å². The summed E-state index contributed by atoms with van der Waals surface area (Å²) in [7, 11) is 3.24. The van der Waals surface area contributed by atoms with Crippen LogP contribution >= 0.6 is 0 Å². The maximum Gasteiger partial charge on any atom is 0.246 e. The monoisotopic (exact) mass is 363 g/mol. The third kappa shape index (κ3) is 5.63. The summed E-state index contributed by atoms with van der Waals surface area (Å²) < 4.78 is 16.6. The molecule has 5 heteroatoms. The highest BCUT2D eigenvalue weighted by molar-refractivity contribution is 5.77. The molecule has 0 saturated heterocycles. The highest BCUT2D eigenvalue weighted by Crippen LogP contribution is 2.35. The van der Waals surface area contributed by atoms with E-state index < -0.39 is 0 Å². The molecule has 0 aliphatic heterocycles. The van der Waals surface area contributed by atoms with Crippen LogP contribution in [0.4, 0.5) is 0 Å².